The molecule has 1 N–H and O–H groups in total. The molecule has 0 spiro atoms. The number of halogens is 2. The number of amides is 1. The van der Waals surface area contributed by atoms with Gasteiger partial charge in [-0.05, 0) is 31.5 Å². The molecule has 0 aliphatic rings. The van der Waals surface area contributed by atoms with E-state index in [-0.39, 0.29) is 5.91 Å². The highest BCUT2D eigenvalue weighted by molar-refractivity contribution is 9.10. The van der Waals surface area contributed by atoms with Gasteiger partial charge < -0.3 is 5.32 Å². The van der Waals surface area contributed by atoms with Crippen molar-refractivity contribution in [3.63, 3.8) is 0 Å². The molecule has 1 aromatic heterocycles. The number of benzene rings is 1. The number of anilines is 1. The van der Waals surface area contributed by atoms with Crippen LogP contribution in [0, 0.1) is 6.92 Å². The largest absolute Gasteiger partial charge is 0.301 e. The lowest BCUT2D eigenvalue weighted by Gasteiger charge is -2.01. The van der Waals surface area contributed by atoms with Crippen LogP contribution in [0.4, 0.5) is 5.13 Å². The number of fused-ring (bicyclic) bond motifs is 1. The van der Waals surface area contributed by atoms with E-state index in [1.165, 1.54) is 11.3 Å². The summed E-state index contributed by atoms with van der Waals surface area (Å²) in [4.78, 5) is 15.8. The van der Waals surface area contributed by atoms with Crippen LogP contribution in [0.3, 0.4) is 0 Å². The SMILES string of the molecule is Cc1cc2sc(NC(=O)C(C)Cl)nc2cc1Br. The molecule has 1 unspecified atom stereocenters. The topological polar surface area (TPSA) is 42.0 Å². The Balaban J connectivity index is 2.35. The van der Waals surface area contributed by atoms with Crippen LogP contribution >= 0.6 is 38.9 Å². The van der Waals surface area contributed by atoms with Crippen LogP contribution in [0.5, 0.6) is 0 Å². The molecule has 90 valence electrons. The Labute approximate surface area is 116 Å². The molecule has 0 saturated carbocycles. The van der Waals surface area contributed by atoms with E-state index >= 15 is 0 Å². The van der Waals surface area contributed by atoms with Gasteiger partial charge in [0.05, 0.1) is 10.2 Å². The van der Waals surface area contributed by atoms with Gasteiger partial charge in [-0.2, -0.15) is 0 Å². The molecule has 2 aromatic rings. The average molecular weight is 334 g/mol. The monoisotopic (exact) mass is 332 g/mol. The van der Waals surface area contributed by atoms with Gasteiger partial charge in [0.1, 0.15) is 5.38 Å². The van der Waals surface area contributed by atoms with E-state index in [1.807, 2.05) is 19.1 Å². The maximum Gasteiger partial charge on any atom is 0.243 e. The lowest BCUT2D eigenvalue weighted by atomic mass is 10.2. The molecular weight excluding hydrogens is 324 g/mol. The molecule has 1 heterocycles. The summed E-state index contributed by atoms with van der Waals surface area (Å²) in [5, 5.41) is 2.71. The van der Waals surface area contributed by atoms with E-state index in [0.717, 1.165) is 20.3 Å². The standard InChI is InChI=1S/C11H10BrClN2OS/c1-5-3-9-8(4-7(5)12)14-11(17-9)15-10(16)6(2)13/h3-4,6H,1-2H3,(H,14,15,16). The van der Waals surface area contributed by atoms with E-state index < -0.39 is 5.38 Å². The Morgan fingerprint density at radius 2 is 2.29 bits per heavy atom. The minimum atomic E-state index is -0.560. The number of aryl methyl sites for hydroxylation is 1. The van der Waals surface area contributed by atoms with Gasteiger partial charge in [0.2, 0.25) is 5.91 Å². The van der Waals surface area contributed by atoms with Gasteiger partial charge in [0.25, 0.3) is 0 Å². The summed E-state index contributed by atoms with van der Waals surface area (Å²) in [6.45, 7) is 3.65. The second kappa shape index (κ2) is 4.92. The first-order valence-corrected chi connectivity index (χ1v) is 7.03. The maximum absolute atomic E-state index is 11.4. The molecule has 0 radical (unpaired) electrons. The van der Waals surface area contributed by atoms with Gasteiger partial charge in [-0.25, -0.2) is 4.98 Å². The van der Waals surface area contributed by atoms with Crippen molar-refractivity contribution in [3.05, 3.63) is 22.2 Å². The van der Waals surface area contributed by atoms with E-state index in [9.17, 15) is 4.79 Å². The van der Waals surface area contributed by atoms with Crippen molar-refractivity contribution in [3.8, 4) is 0 Å². The molecule has 3 nitrogen and oxygen atoms in total. The fraction of sp³-hybridized carbons (Fsp3) is 0.273. The van der Waals surface area contributed by atoms with Gasteiger partial charge in [-0.1, -0.05) is 27.3 Å². The highest BCUT2D eigenvalue weighted by Crippen LogP contribution is 2.30. The molecule has 1 aromatic carbocycles. The Hall–Kier alpha value is -0.650. The number of carbonyl (C=O) groups is 1. The molecule has 17 heavy (non-hydrogen) atoms. The Kier molecular flexibility index (Phi) is 3.70. The number of hydrogen-bond donors (Lipinski definition) is 1. The molecule has 0 aliphatic heterocycles. The number of carbonyl (C=O) groups excluding carboxylic acids is 1. The predicted octanol–water partition coefficient (Wildman–Crippen LogP) is 3.93. The molecule has 1 atom stereocenters. The predicted molar refractivity (Wildman–Crippen MR) is 76.0 cm³/mol. The first-order chi connectivity index (χ1) is 7.97. The van der Waals surface area contributed by atoms with Crippen molar-refractivity contribution < 1.29 is 4.79 Å². The summed E-state index contributed by atoms with van der Waals surface area (Å²) in [6, 6.07) is 3.98. The molecular formula is C11H10BrClN2OS. The quantitative estimate of drug-likeness (QED) is 0.846. The number of alkyl halides is 1. The molecule has 0 aliphatic carbocycles. The fourth-order valence-corrected chi connectivity index (χ4v) is 2.64. The minimum absolute atomic E-state index is 0.235. The van der Waals surface area contributed by atoms with Crippen molar-refractivity contribution >= 4 is 60.1 Å². The van der Waals surface area contributed by atoms with Crippen molar-refractivity contribution in [2.24, 2.45) is 0 Å². The summed E-state index contributed by atoms with van der Waals surface area (Å²) in [5.41, 5.74) is 2.01. The van der Waals surface area contributed by atoms with E-state index in [4.69, 9.17) is 11.6 Å². The van der Waals surface area contributed by atoms with E-state index in [0.29, 0.717) is 5.13 Å². The summed E-state index contributed by atoms with van der Waals surface area (Å²) < 4.78 is 2.06. The summed E-state index contributed by atoms with van der Waals surface area (Å²) in [6.07, 6.45) is 0. The fourth-order valence-electron chi connectivity index (χ4n) is 1.31. The van der Waals surface area contributed by atoms with Crippen LogP contribution in [0.25, 0.3) is 10.2 Å². The molecule has 0 saturated heterocycles. The van der Waals surface area contributed by atoms with Gasteiger partial charge in [-0.3, -0.25) is 4.79 Å². The van der Waals surface area contributed by atoms with Gasteiger partial charge in [0.15, 0.2) is 5.13 Å². The highest BCUT2D eigenvalue weighted by Gasteiger charge is 2.12. The second-order valence-electron chi connectivity index (χ2n) is 3.69. The number of nitrogens with zero attached hydrogens (tertiary/aromatic N) is 1. The van der Waals surface area contributed by atoms with Crippen LogP contribution in [-0.4, -0.2) is 16.3 Å². The third-order valence-electron chi connectivity index (χ3n) is 2.26. The average Bonchev–Trinajstić information content (AvgIpc) is 2.60. The van der Waals surface area contributed by atoms with Crippen molar-refractivity contribution in [1.29, 1.82) is 0 Å². The lowest BCUT2D eigenvalue weighted by Crippen LogP contribution is -2.19. The van der Waals surface area contributed by atoms with Crippen molar-refractivity contribution in [2.45, 2.75) is 19.2 Å². The Bertz CT molecular complexity index is 543. The van der Waals surface area contributed by atoms with Crippen LogP contribution in [0.15, 0.2) is 16.6 Å². The van der Waals surface area contributed by atoms with Crippen molar-refractivity contribution in [1.82, 2.24) is 4.98 Å². The van der Waals surface area contributed by atoms with Crippen molar-refractivity contribution in [2.75, 3.05) is 5.32 Å². The Morgan fingerprint density at radius 1 is 1.59 bits per heavy atom. The number of aromatic nitrogens is 1. The molecule has 2 rings (SSSR count). The normalized spacial score (nSPS) is 12.7. The van der Waals surface area contributed by atoms with Gasteiger partial charge in [0, 0.05) is 4.47 Å². The minimum Gasteiger partial charge on any atom is -0.301 e. The van der Waals surface area contributed by atoms with Crippen LogP contribution in [0.2, 0.25) is 0 Å². The Morgan fingerprint density at radius 3 is 2.94 bits per heavy atom. The highest BCUT2D eigenvalue weighted by atomic mass is 79.9. The maximum atomic E-state index is 11.4. The van der Waals surface area contributed by atoms with E-state index in [2.05, 4.69) is 26.2 Å². The number of rotatable bonds is 2. The van der Waals surface area contributed by atoms with Crippen LogP contribution < -0.4 is 5.32 Å². The first-order valence-electron chi connectivity index (χ1n) is 4.99. The molecule has 1 amide bonds. The number of hydrogen-bond acceptors (Lipinski definition) is 3. The molecule has 0 fully saturated rings. The third kappa shape index (κ3) is 2.78. The van der Waals surface area contributed by atoms with Crippen LogP contribution in [0.1, 0.15) is 12.5 Å². The third-order valence-corrected chi connectivity index (χ3v) is 4.25. The smallest absolute Gasteiger partial charge is 0.243 e. The summed E-state index contributed by atoms with van der Waals surface area (Å²) in [7, 11) is 0. The number of thiazole rings is 1. The van der Waals surface area contributed by atoms with E-state index in [1.54, 1.807) is 6.92 Å². The zero-order valence-electron chi connectivity index (χ0n) is 9.25. The molecule has 6 heteroatoms. The lowest BCUT2D eigenvalue weighted by molar-refractivity contribution is -0.115. The second-order valence-corrected chi connectivity index (χ2v) is 6.23. The molecule has 0 bridgehead atoms. The zero-order chi connectivity index (χ0) is 12.6. The van der Waals surface area contributed by atoms with Gasteiger partial charge in [-0.15, -0.1) is 11.6 Å². The summed E-state index contributed by atoms with van der Waals surface area (Å²) in [5.74, 6) is -0.235. The van der Waals surface area contributed by atoms with Gasteiger partial charge >= 0.3 is 0 Å². The van der Waals surface area contributed by atoms with Crippen LogP contribution in [-0.2, 0) is 4.79 Å². The zero-order valence-corrected chi connectivity index (χ0v) is 12.4. The summed E-state index contributed by atoms with van der Waals surface area (Å²) >= 11 is 10.6. The first kappa shape index (κ1) is 12.8. The number of nitrogens with one attached hydrogen (secondary N) is 1.